The Morgan fingerprint density at radius 3 is 1.58 bits per heavy atom. The van der Waals surface area contributed by atoms with E-state index in [4.69, 9.17) is 0 Å². The fourth-order valence-electron chi connectivity index (χ4n) is 9.98. The van der Waals surface area contributed by atoms with Crippen LogP contribution < -0.4 is 32.6 Å². The van der Waals surface area contributed by atoms with E-state index in [0.717, 1.165) is 6.07 Å². The largest absolute Gasteiger partial charge is 0.431 e. The second kappa shape index (κ2) is 21.1. The molecule has 2 unspecified atom stereocenters. The lowest BCUT2D eigenvalue weighted by atomic mass is 9.82. The summed E-state index contributed by atoms with van der Waals surface area (Å²) in [6, 6.07) is 18.7. The van der Waals surface area contributed by atoms with Crippen molar-refractivity contribution in [3.63, 3.8) is 0 Å². The molecule has 0 saturated heterocycles. The minimum absolute atomic E-state index is 0.000424. The van der Waals surface area contributed by atoms with Gasteiger partial charge in [0.05, 0.1) is 23.5 Å². The van der Waals surface area contributed by atoms with Crippen LogP contribution >= 0.6 is 0 Å². The smallest absolute Gasteiger partial charge is 0.388 e. The number of nitrogens with one attached hydrogen (secondary N) is 6. The molecule has 408 valence electrons. The summed E-state index contributed by atoms with van der Waals surface area (Å²) < 4.78 is 119. The van der Waals surface area contributed by atoms with E-state index in [-0.39, 0.29) is 76.9 Å². The lowest BCUT2D eigenvalue weighted by Gasteiger charge is -2.29. The van der Waals surface area contributed by atoms with Crippen LogP contribution in [0.2, 0.25) is 0 Å². The number of allylic oxidation sites excluding steroid dienone is 2. The topological polar surface area (TPSA) is 240 Å². The third kappa shape index (κ3) is 11.1. The van der Waals surface area contributed by atoms with Crippen molar-refractivity contribution in [3.8, 4) is 0 Å². The summed E-state index contributed by atoms with van der Waals surface area (Å²) in [5.41, 5.74) is -7.22. The number of aliphatic hydroxyl groups is 1. The molecule has 0 bridgehead atoms. The van der Waals surface area contributed by atoms with E-state index in [2.05, 4.69) is 16.0 Å². The molecule has 24 heteroatoms. The number of carbonyl (C=O) groups excluding carboxylic acids is 5. The molecule has 3 aromatic heterocycles. The van der Waals surface area contributed by atoms with Gasteiger partial charge in [-0.2, -0.15) is 39.5 Å². The van der Waals surface area contributed by atoms with Crippen molar-refractivity contribution >= 4 is 40.7 Å². The van der Waals surface area contributed by atoms with Crippen molar-refractivity contribution in [2.24, 2.45) is 0 Å². The van der Waals surface area contributed by atoms with Gasteiger partial charge in [0.25, 0.3) is 34.4 Å². The zero-order valence-corrected chi connectivity index (χ0v) is 40.7. The van der Waals surface area contributed by atoms with Gasteiger partial charge in [-0.25, -0.2) is 0 Å². The van der Waals surface area contributed by atoms with E-state index in [1.807, 2.05) is 0 Å². The number of aliphatic hydroxyl groups excluding tert-OH is 1. The first-order valence-corrected chi connectivity index (χ1v) is 24.2. The lowest BCUT2D eigenvalue weighted by Crippen LogP contribution is -2.35. The van der Waals surface area contributed by atoms with E-state index in [0.29, 0.717) is 71.8 Å². The maximum absolute atomic E-state index is 14.4. The predicted molar refractivity (Wildman–Crippen MR) is 263 cm³/mol. The van der Waals surface area contributed by atoms with Gasteiger partial charge in [-0.05, 0) is 116 Å². The number of carbonyl (C=O) groups is 5. The lowest BCUT2D eigenvalue weighted by molar-refractivity contribution is -0.142. The van der Waals surface area contributed by atoms with E-state index in [1.54, 1.807) is 51.4 Å². The first-order valence-electron chi connectivity index (χ1n) is 24.2. The van der Waals surface area contributed by atoms with Crippen LogP contribution in [0.25, 0.3) is 11.4 Å². The van der Waals surface area contributed by atoms with Crippen LogP contribution in [-0.2, 0) is 31.4 Å². The summed E-state index contributed by atoms with van der Waals surface area (Å²) in [5, 5.41) is 19.4. The number of pyridine rings is 3. The Hall–Kier alpha value is -8.93. The number of ketones is 2. The minimum atomic E-state index is -4.95. The minimum Gasteiger partial charge on any atom is -0.388 e. The number of Topliss-reactive ketones (excluding diaryl/α,β-unsaturated/α-hetero) is 2. The van der Waals surface area contributed by atoms with Crippen LogP contribution in [0.1, 0.15) is 153 Å². The second-order valence-corrected chi connectivity index (χ2v) is 18.8. The molecule has 2 atom stereocenters. The summed E-state index contributed by atoms with van der Waals surface area (Å²) in [4.78, 5) is 111. The zero-order chi connectivity index (χ0) is 56.9. The molecule has 79 heavy (non-hydrogen) atoms. The molecule has 0 radical (unpaired) electrons. The quantitative estimate of drug-likeness (QED) is 0.0515. The third-order valence-electron chi connectivity index (χ3n) is 13.8. The van der Waals surface area contributed by atoms with Gasteiger partial charge in [0.1, 0.15) is 33.8 Å². The molecule has 3 aliphatic rings. The maximum Gasteiger partial charge on any atom is 0.431 e. The first-order chi connectivity index (χ1) is 37.3. The Morgan fingerprint density at radius 1 is 0.557 bits per heavy atom. The molecule has 6 aromatic rings. The molecular weight excluding hydrogens is 1060 g/mol. The number of H-pyrrole nitrogens is 3. The number of alkyl halides is 9. The third-order valence-corrected chi connectivity index (χ3v) is 13.8. The van der Waals surface area contributed by atoms with Crippen molar-refractivity contribution in [2.45, 2.75) is 82.0 Å². The van der Waals surface area contributed by atoms with Crippen LogP contribution in [0, 0.1) is 0 Å². The molecular formula is C55H41F9N6O9. The first kappa shape index (κ1) is 54.8. The van der Waals surface area contributed by atoms with Gasteiger partial charge in [-0.3, -0.25) is 38.4 Å². The van der Waals surface area contributed by atoms with Crippen molar-refractivity contribution in [1.29, 1.82) is 0 Å². The van der Waals surface area contributed by atoms with Crippen LogP contribution in [0.4, 0.5) is 39.5 Å². The van der Waals surface area contributed by atoms with Gasteiger partial charge in [-0.1, -0.05) is 54.6 Å². The number of aryl methyl sites for hydroxylation is 1. The van der Waals surface area contributed by atoms with E-state index >= 15 is 0 Å². The molecule has 3 aliphatic carbocycles. The summed E-state index contributed by atoms with van der Waals surface area (Å²) >= 11 is 0. The Balaban J connectivity index is 0.954. The summed E-state index contributed by atoms with van der Waals surface area (Å²) in [6.45, 7) is 0. The number of aromatic amines is 3. The molecule has 7 N–H and O–H groups in total. The van der Waals surface area contributed by atoms with E-state index in [9.17, 15) is 83.0 Å². The number of amides is 3. The van der Waals surface area contributed by atoms with Crippen molar-refractivity contribution in [3.05, 3.63) is 218 Å². The molecule has 0 fully saturated rings. The summed E-state index contributed by atoms with van der Waals surface area (Å²) in [6.07, 6.45) is -14.6. The number of rotatable bonds is 14. The van der Waals surface area contributed by atoms with Gasteiger partial charge >= 0.3 is 18.5 Å². The number of fused-ring (bicyclic) bond motifs is 3. The number of hydrogen-bond donors (Lipinski definition) is 7. The van der Waals surface area contributed by atoms with E-state index in [1.165, 1.54) is 24.3 Å². The Bertz CT molecular complexity index is 3790. The van der Waals surface area contributed by atoms with Crippen molar-refractivity contribution in [1.82, 2.24) is 30.9 Å². The second-order valence-electron chi connectivity index (χ2n) is 18.8. The number of hydrogen-bond acceptors (Lipinski definition) is 9. The van der Waals surface area contributed by atoms with Crippen LogP contribution in [0.5, 0.6) is 0 Å². The highest BCUT2D eigenvalue weighted by Gasteiger charge is 2.38. The summed E-state index contributed by atoms with van der Waals surface area (Å²) in [5.74, 6) is -4.30. The van der Waals surface area contributed by atoms with Gasteiger partial charge in [-0.15, -0.1) is 0 Å². The van der Waals surface area contributed by atoms with Crippen molar-refractivity contribution < 1.29 is 68.6 Å². The normalized spacial score (nSPS) is 15.6. The van der Waals surface area contributed by atoms with Crippen LogP contribution in [0.3, 0.4) is 0 Å². The SMILES string of the molecule is O=C1C(CCCC(O)c2cccc3c2CCCC3NC(=O)c2ccc(C(F)(F)F)[nH]c2=O)=C(NC(=O)c2ccc(C(F)(F)F)[nH]c2=O)c2ccc(CCC3=C(NC(=O)c4ccc(C(F)(F)F)[nH]c4=O)c4ccccc4C3=O)cc21. The highest BCUT2D eigenvalue weighted by atomic mass is 19.4. The van der Waals surface area contributed by atoms with Gasteiger partial charge in [0.2, 0.25) is 0 Å². The van der Waals surface area contributed by atoms with Gasteiger partial charge in [0, 0.05) is 33.4 Å². The van der Waals surface area contributed by atoms with Gasteiger partial charge in [0.15, 0.2) is 11.6 Å². The highest BCUT2D eigenvalue weighted by Crippen LogP contribution is 2.40. The Morgan fingerprint density at radius 2 is 1.05 bits per heavy atom. The average Bonchev–Trinajstić information content (AvgIpc) is 3.91. The molecule has 3 aromatic carbocycles. The molecule has 15 nitrogen and oxygen atoms in total. The Labute approximate surface area is 438 Å². The zero-order valence-electron chi connectivity index (χ0n) is 40.7. The van der Waals surface area contributed by atoms with Crippen LogP contribution in [0.15, 0.2) is 123 Å². The molecule has 0 spiro atoms. The number of benzene rings is 3. The highest BCUT2D eigenvalue weighted by molar-refractivity contribution is 6.23. The number of halogens is 9. The fourth-order valence-corrected chi connectivity index (χ4v) is 9.98. The molecule has 3 heterocycles. The average molecular weight is 1100 g/mol. The predicted octanol–water partition coefficient (Wildman–Crippen LogP) is 8.83. The molecule has 9 rings (SSSR count). The van der Waals surface area contributed by atoms with Crippen molar-refractivity contribution in [2.75, 3.05) is 0 Å². The molecule has 0 aliphatic heterocycles. The van der Waals surface area contributed by atoms with E-state index < -0.39 is 110 Å². The maximum atomic E-state index is 14.4. The standard InChI is InChI=1S/C55H41F9N6O9/c56-53(57,58)40-21-18-34(48(75)66-40)47(74)65-38-12-4-8-26-27(38)9-3-10-28(26)39(71)13-5-11-32-44(70-52(79)36-20-23-42(55(62,63)64)68-50(36)77)30-16-14-25(24-37(30)46(32)73)15-17-33-43(29-6-1-2-7-31(29)45(33)72)69-51(78)35-19-22-41(54(59,60)61)67-49(35)76/h1-3,6-7,9-10,14,16,18-24,38-39,71H,4-5,8,11-13,15,17H2,(H,65,74)(H,66,75)(H,67,76)(H,68,77)(H,69,78)(H,70,79). The Kier molecular flexibility index (Phi) is 14.7. The molecule has 3 amide bonds. The number of aromatic nitrogens is 3. The van der Waals surface area contributed by atoms with Gasteiger partial charge < -0.3 is 36.0 Å². The van der Waals surface area contributed by atoms with Crippen LogP contribution in [-0.4, -0.2) is 49.3 Å². The monoisotopic (exact) mass is 1100 g/mol. The fraction of sp³-hybridized carbons (Fsp3) is 0.236. The molecule has 0 saturated carbocycles. The summed E-state index contributed by atoms with van der Waals surface area (Å²) in [7, 11) is 0.